The molecule has 13 rings (SSSR count). The number of hydrogen-bond donors (Lipinski definition) is 0. The molecule has 11 aromatic rings. The highest BCUT2D eigenvalue weighted by Gasteiger charge is 2.42. The Kier molecular flexibility index (Phi) is 8.35. The number of aromatic nitrogens is 2. The second kappa shape index (κ2) is 14.0. The highest BCUT2D eigenvalue weighted by Crippen LogP contribution is 2.54. The van der Waals surface area contributed by atoms with Gasteiger partial charge in [-0.3, -0.25) is 0 Å². The van der Waals surface area contributed by atoms with Crippen molar-refractivity contribution in [2.75, 3.05) is 0 Å². The maximum atomic E-state index is 14.7. The maximum Gasteiger partial charge on any atom is 0.209 e. The molecule has 2 aromatic heterocycles. The van der Waals surface area contributed by atoms with Crippen molar-refractivity contribution < 1.29 is 33.7 Å². The van der Waals surface area contributed by atoms with Crippen molar-refractivity contribution in [1.82, 2.24) is 9.13 Å². The van der Waals surface area contributed by atoms with Gasteiger partial charge >= 0.3 is 0 Å². The molecular weight excluding hydrogens is 933 g/mol. The van der Waals surface area contributed by atoms with Gasteiger partial charge in [0.1, 0.15) is 0 Å². The molecule has 330 valence electrons. The van der Waals surface area contributed by atoms with E-state index >= 15 is 0 Å². The minimum Gasteiger partial charge on any atom is -0.309 e. The largest absolute Gasteiger partial charge is 0.309 e. The van der Waals surface area contributed by atoms with Gasteiger partial charge in [-0.05, 0) is 96.1 Å². The van der Waals surface area contributed by atoms with Crippen LogP contribution in [0.1, 0.15) is 0 Å². The van der Waals surface area contributed by atoms with Gasteiger partial charge in [-0.15, -0.1) is 0 Å². The third-order valence-electron chi connectivity index (χ3n) is 13.2. The lowest BCUT2D eigenvalue weighted by Crippen LogP contribution is -2.19. The molecule has 68 heavy (non-hydrogen) atoms. The molecule has 10 nitrogen and oxygen atoms in total. The smallest absolute Gasteiger partial charge is 0.209 e. The molecular formula is C54H32N2O8S4. The summed E-state index contributed by atoms with van der Waals surface area (Å²) in [4.78, 5) is -2.54. The second-order valence-corrected chi connectivity index (χ2v) is 24.3. The zero-order valence-corrected chi connectivity index (χ0v) is 38.5. The van der Waals surface area contributed by atoms with Crippen LogP contribution in [-0.2, 0) is 39.3 Å². The van der Waals surface area contributed by atoms with Crippen LogP contribution in [0.3, 0.4) is 0 Å². The minimum atomic E-state index is -4.38. The minimum absolute atomic E-state index is 0.284. The van der Waals surface area contributed by atoms with Gasteiger partial charge < -0.3 is 9.13 Å². The summed E-state index contributed by atoms with van der Waals surface area (Å²) in [5.41, 5.74) is 6.28. The normalized spacial score (nSPS) is 16.0. The summed E-state index contributed by atoms with van der Waals surface area (Å²) in [6.07, 6.45) is 0. The average molecular weight is 965 g/mol. The number of hydrogen-bond acceptors (Lipinski definition) is 8. The second-order valence-electron chi connectivity index (χ2n) is 16.8. The number of sulfone groups is 4. The Morgan fingerprint density at radius 3 is 0.941 bits per heavy atom. The molecule has 0 radical (unpaired) electrons. The van der Waals surface area contributed by atoms with E-state index in [-0.39, 0.29) is 39.2 Å². The van der Waals surface area contributed by atoms with Crippen LogP contribution in [0, 0.1) is 0 Å². The van der Waals surface area contributed by atoms with Crippen LogP contribution in [0.15, 0.2) is 233 Å². The molecule has 0 saturated carbocycles. The standard InChI is InChI=1S/C54H32N2O8S4/c57-65(58)41-23-11-13-25-43(41)67(61,62)47-31-33(27-29-45(47)65)49-52-38-20-8-10-22-40(38)56(36-17-5-2-6-18-36)54(52)50(51-37-19-7-9-21-39(37)55(53(49)51)35-15-3-1-4-16-35)34-28-30-46-48(32-34)68(63,64)44-26-14-12-24-42(44)66(46,59)60/h1-32H. The van der Waals surface area contributed by atoms with Crippen molar-refractivity contribution in [3.8, 4) is 33.6 Å². The van der Waals surface area contributed by atoms with Crippen LogP contribution >= 0.6 is 0 Å². The van der Waals surface area contributed by atoms with Gasteiger partial charge in [0.25, 0.3) is 0 Å². The third kappa shape index (κ3) is 5.30. The quantitative estimate of drug-likeness (QED) is 0.169. The lowest BCUT2D eigenvalue weighted by Gasteiger charge is -2.23. The van der Waals surface area contributed by atoms with E-state index in [1.807, 2.05) is 109 Å². The van der Waals surface area contributed by atoms with E-state index < -0.39 is 39.3 Å². The van der Waals surface area contributed by atoms with E-state index in [2.05, 4.69) is 9.13 Å². The maximum absolute atomic E-state index is 14.7. The van der Waals surface area contributed by atoms with Crippen LogP contribution in [0.4, 0.5) is 0 Å². The highest BCUT2D eigenvalue weighted by atomic mass is 32.2. The van der Waals surface area contributed by atoms with Crippen LogP contribution in [0.2, 0.25) is 0 Å². The number of fused-ring (bicyclic) bond motifs is 10. The van der Waals surface area contributed by atoms with Crippen LogP contribution in [-0.4, -0.2) is 42.8 Å². The Hall–Kier alpha value is -7.62. The molecule has 0 fully saturated rings. The fraction of sp³-hybridized carbons (Fsp3) is 0. The molecule has 0 unspecified atom stereocenters. The highest BCUT2D eigenvalue weighted by molar-refractivity contribution is 7.98. The molecule has 0 spiro atoms. The molecule has 0 atom stereocenters. The summed E-state index contributed by atoms with van der Waals surface area (Å²) < 4.78 is 120. The molecule has 2 aliphatic rings. The third-order valence-corrected chi connectivity index (χ3v) is 21.2. The number of para-hydroxylation sites is 4. The Balaban J connectivity index is 1.28. The predicted octanol–water partition coefficient (Wildman–Crippen LogP) is 11.2. The first kappa shape index (κ1) is 40.6. The van der Waals surface area contributed by atoms with E-state index in [4.69, 9.17) is 0 Å². The van der Waals surface area contributed by atoms with E-state index in [0.717, 1.165) is 33.2 Å². The van der Waals surface area contributed by atoms with E-state index in [1.54, 1.807) is 12.1 Å². The van der Waals surface area contributed by atoms with Gasteiger partial charge in [0.05, 0.1) is 61.2 Å². The summed E-state index contributed by atoms with van der Waals surface area (Å²) in [6, 6.07) is 55.1. The molecule has 14 heteroatoms. The van der Waals surface area contributed by atoms with E-state index in [1.165, 1.54) is 72.8 Å². The van der Waals surface area contributed by atoms with Gasteiger partial charge in [-0.1, -0.05) is 109 Å². The Morgan fingerprint density at radius 1 is 0.279 bits per heavy atom. The lowest BCUT2D eigenvalue weighted by molar-refractivity contribution is 0.570. The van der Waals surface area contributed by atoms with Crippen molar-refractivity contribution in [3.63, 3.8) is 0 Å². The Morgan fingerprint density at radius 2 is 0.574 bits per heavy atom. The van der Waals surface area contributed by atoms with Gasteiger partial charge in [0.15, 0.2) is 0 Å². The van der Waals surface area contributed by atoms with Crippen molar-refractivity contribution in [2.24, 2.45) is 0 Å². The molecule has 0 N–H and O–H groups in total. The zero-order valence-electron chi connectivity index (χ0n) is 35.3. The average Bonchev–Trinajstić information content (AvgIpc) is 3.89. The molecule has 0 bridgehead atoms. The summed E-state index contributed by atoms with van der Waals surface area (Å²) in [6.45, 7) is 0. The zero-order chi connectivity index (χ0) is 46.5. The summed E-state index contributed by atoms with van der Waals surface area (Å²) in [7, 11) is -17.3. The van der Waals surface area contributed by atoms with Crippen LogP contribution in [0.25, 0.3) is 77.2 Å². The molecule has 0 aliphatic carbocycles. The van der Waals surface area contributed by atoms with Gasteiger partial charge in [-0.25, -0.2) is 33.7 Å². The Labute approximate surface area is 390 Å². The van der Waals surface area contributed by atoms with Gasteiger partial charge in [0.2, 0.25) is 39.3 Å². The van der Waals surface area contributed by atoms with E-state index in [9.17, 15) is 33.7 Å². The van der Waals surface area contributed by atoms with Gasteiger partial charge in [-0.2, -0.15) is 0 Å². The topological polar surface area (TPSA) is 146 Å². The van der Waals surface area contributed by atoms with E-state index in [0.29, 0.717) is 44.1 Å². The lowest BCUT2D eigenvalue weighted by atomic mass is 9.89. The number of rotatable bonds is 4. The van der Waals surface area contributed by atoms with Crippen LogP contribution < -0.4 is 0 Å². The number of benzene rings is 9. The summed E-state index contributed by atoms with van der Waals surface area (Å²) in [5, 5.41) is 2.83. The molecule has 9 aromatic carbocycles. The SMILES string of the molecule is O=S1(=O)c2ccccc2S(=O)(=O)c2cc(-c3c4c5ccccc5n(-c5ccccc5)c4c(-c4ccc5c(c4)S(=O)(=O)c4ccccc4S5(=O)=O)c4c5ccccc5n(-c5ccccc5)c34)ccc21. The summed E-state index contributed by atoms with van der Waals surface area (Å²) in [5.74, 6) is 0. The first-order valence-electron chi connectivity index (χ1n) is 21.4. The van der Waals surface area contributed by atoms with Crippen molar-refractivity contribution in [2.45, 2.75) is 39.2 Å². The monoisotopic (exact) mass is 964 g/mol. The molecule has 0 amide bonds. The van der Waals surface area contributed by atoms with Crippen molar-refractivity contribution >= 4 is 83.0 Å². The Bertz CT molecular complexity index is 4250. The van der Waals surface area contributed by atoms with Crippen molar-refractivity contribution in [1.29, 1.82) is 0 Å². The fourth-order valence-electron chi connectivity index (χ4n) is 10.4. The van der Waals surface area contributed by atoms with Crippen LogP contribution in [0.5, 0.6) is 0 Å². The first-order chi connectivity index (χ1) is 32.8. The first-order valence-corrected chi connectivity index (χ1v) is 27.3. The summed E-state index contributed by atoms with van der Waals surface area (Å²) >= 11 is 0. The number of nitrogens with zero attached hydrogens (tertiary/aromatic N) is 2. The van der Waals surface area contributed by atoms with Crippen molar-refractivity contribution in [3.05, 3.63) is 194 Å². The molecule has 2 aliphatic heterocycles. The molecule has 0 saturated heterocycles. The predicted molar refractivity (Wildman–Crippen MR) is 261 cm³/mol. The van der Waals surface area contributed by atoms with Gasteiger partial charge in [0, 0.05) is 44.0 Å². The fourth-order valence-corrected chi connectivity index (χ4v) is 18.7. The molecule has 4 heterocycles.